The van der Waals surface area contributed by atoms with Crippen molar-refractivity contribution in [2.24, 2.45) is 5.73 Å². The SMILES string of the molecule is NC(=O)c1ccc(C#CCNC(=O)c2cnn(-c3ccccc3)n2)cc1. The van der Waals surface area contributed by atoms with Crippen LogP contribution in [-0.4, -0.2) is 33.4 Å². The number of aromatic nitrogens is 3. The van der Waals surface area contributed by atoms with Crippen LogP contribution < -0.4 is 11.1 Å². The Morgan fingerprint density at radius 3 is 2.50 bits per heavy atom. The number of hydrogen-bond acceptors (Lipinski definition) is 4. The maximum absolute atomic E-state index is 12.1. The summed E-state index contributed by atoms with van der Waals surface area (Å²) in [7, 11) is 0. The predicted molar refractivity (Wildman–Crippen MR) is 95.5 cm³/mol. The van der Waals surface area contributed by atoms with Crippen LogP contribution in [-0.2, 0) is 0 Å². The van der Waals surface area contributed by atoms with Gasteiger partial charge in [-0.3, -0.25) is 9.59 Å². The number of amides is 2. The number of benzene rings is 2. The lowest BCUT2D eigenvalue weighted by molar-refractivity contribution is 0.0952. The Bertz CT molecular complexity index is 982. The van der Waals surface area contributed by atoms with Gasteiger partial charge >= 0.3 is 0 Å². The van der Waals surface area contributed by atoms with Crippen molar-refractivity contribution in [2.45, 2.75) is 0 Å². The first-order chi connectivity index (χ1) is 12.6. The van der Waals surface area contributed by atoms with Crippen LogP contribution in [0, 0.1) is 11.8 Å². The Kier molecular flexibility index (Phi) is 5.05. The fraction of sp³-hybridized carbons (Fsp3) is 0.0526. The van der Waals surface area contributed by atoms with Crippen LogP contribution in [0.4, 0.5) is 0 Å². The van der Waals surface area contributed by atoms with Crippen LogP contribution in [0.15, 0.2) is 60.8 Å². The molecule has 0 bridgehead atoms. The Hall–Kier alpha value is -3.92. The van der Waals surface area contributed by atoms with E-state index in [1.807, 2.05) is 30.3 Å². The Morgan fingerprint density at radius 2 is 1.81 bits per heavy atom. The van der Waals surface area contributed by atoms with Gasteiger partial charge in [0.1, 0.15) is 0 Å². The number of carbonyl (C=O) groups is 2. The summed E-state index contributed by atoms with van der Waals surface area (Å²) in [5, 5.41) is 10.9. The molecule has 3 rings (SSSR count). The molecule has 0 spiro atoms. The normalized spacial score (nSPS) is 9.85. The molecule has 1 heterocycles. The fourth-order valence-electron chi connectivity index (χ4n) is 2.13. The largest absolute Gasteiger partial charge is 0.366 e. The first-order valence-corrected chi connectivity index (χ1v) is 7.78. The topological polar surface area (TPSA) is 103 Å². The molecule has 0 saturated carbocycles. The third-order valence-electron chi connectivity index (χ3n) is 3.45. The molecule has 0 aliphatic carbocycles. The van der Waals surface area contributed by atoms with Crippen molar-refractivity contribution >= 4 is 11.8 Å². The minimum Gasteiger partial charge on any atom is -0.366 e. The zero-order chi connectivity index (χ0) is 18.4. The van der Waals surface area contributed by atoms with E-state index in [4.69, 9.17) is 5.73 Å². The molecular formula is C19H15N5O2. The van der Waals surface area contributed by atoms with Gasteiger partial charge in [-0.05, 0) is 36.4 Å². The summed E-state index contributed by atoms with van der Waals surface area (Å²) >= 11 is 0. The fourth-order valence-corrected chi connectivity index (χ4v) is 2.13. The summed E-state index contributed by atoms with van der Waals surface area (Å²) in [6.07, 6.45) is 1.40. The zero-order valence-electron chi connectivity index (χ0n) is 13.7. The maximum atomic E-state index is 12.1. The van der Waals surface area contributed by atoms with Gasteiger partial charge in [-0.1, -0.05) is 30.0 Å². The molecule has 0 fully saturated rings. The summed E-state index contributed by atoms with van der Waals surface area (Å²) in [6.45, 7) is 0.161. The lowest BCUT2D eigenvalue weighted by Gasteiger charge is -1.98. The number of rotatable bonds is 4. The highest BCUT2D eigenvalue weighted by atomic mass is 16.2. The van der Waals surface area contributed by atoms with E-state index in [0.717, 1.165) is 11.3 Å². The molecule has 3 N–H and O–H groups in total. The van der Waals surface area contributed by atoms with Crippen molar-refractivity contribution in [1.82, 2.24) is 20.3 Å². The molecule has 7 heteroatoms. The van der Waals surface area contributed by atoms with Crippen LogP contribution in [0.5, 0.6) is 0 Å². The van der Waals surface area contributed by atoms with Gasteiger partial charge in [-0.25, -0.2) is 0 Å². The van der Waals surface area contributed by atoms with E-state index in [2.05, 4.69) is 27.4 Å². The van der Waals surface area contributed by atoms with Crippen LogP contribution in [0.3, 0.4) is 0 Å². The van der Waals surface area contributed by atoms with Crippen molar-refractivity contribution in [2.75, 3.05) is 6.54 Å². The number of primary amides is 1. The van der Waals surface area contributed by atoms with Gasteiger partial charge in [0.15, 0.2) is 5.69 Å². The quantitative estimate of drug-likeness (QED) is 0.692. The lowest BCUT2D eigenvalue weighted by Crippen LogP contribution is -2.24. The summed E-state index contributed by atoms with van der Waals surface area (Å²) in [4.78, 5) is 24.5. The van der Waals surface area contributed by atoms with Crippen molar-refractivity contribution in [3.05, 3.63) is 77.6 Å². The number of nitrogens with one attached hydrogen (secondary N) is 1. The molecule has 1 aromatic heterocycles. The van der Waals surface area contributed by atoms with E-state index in [9.17, 15) is 9.59 Å². The number of para-hydroxylation sites is 1. The minimum absolute atomic E-state index is 0.161. The summed E-state index contributed by atoms with van der Waals surface area (Å²) in [5.74, 6) is 4.89. The number of hydrogen-bond donors (Lipinski definition) is 2. The average molecular weight is 345 g/mol. The molecule has 0 saturated heterocycles. The van der Waals surface area contributed by atoms with Gasteiger partial charge in [0.2, 0.25) is 5.91 Å². The molecule has 128 valence electrons. The third kappa shape index (κ3) is 4.13. The number of nitrogens with two attached hydrogens (primary N) is 1. The highest BCUT2D eigenvalue weighted by Crippen LogP contribution is 2.04. The van der Waals surface area contributed by atoms with E-state index in [0.29, 0.717) is 5.56 Å². The number of nitrogens with zero attached hydrogens (tertiary/aromatic N) is 3. The van der Waals surface area contributed by atoms with Crippen molar-refractivity contribution in [3.8, 4) is 17.5 Å². The molecular weight excluding hydrogens is 330 g/mol. The highest BCUT2D eigenvalue weighted by molar-refractivity contribution is 5.93. The Balaban J connectivity index is 1.57. The molecule has 2 aromatic carbocycles. The van der Waals surface area contributed by atoms with Crippen molar-refractivity contribution < 1.29 is 9.59 Å². The van der Waals surface area contributed by atoms with E-state index >= 15 is 0 Å². The Morgan fingerprint density at radius 1 is 1.08 bits per heavy atom. The number of carbonyl (C=O) groups excluding carboxylic acids is 2. The van der Waals surface area contributed by atoms with Gasteiger partial charge in [-0.2, -0.15) is 9.90 Å². The molecule has 0 aliphatic heterocycles. The first kappa shape index (κ1) is 16.9. The minimum atomic E-state index is -0.486. The Labute approximate surface area is 149 Å². The van der Waals surface area contributed by atoms with E-state index < -0.39 is 5.91 Å². The summed E-state index contributed by atoms with van der Waals surface area (Å²) < 4.78 is 0. The highest BCUT2D eigenvalue weighted by Gasteiger charge is 2.10. The molecule has 0 atom stereocenters. The monoisotopic (exact) mass is 345 g/mol. The second-order valence-electron chi connectivity index (χ2n) is 5.28. The second-order valence-corrected chi connectivity index (χ2v) is 5.28. The molecule has 2 amide bonds. The van der Waals surface area contributed by atoms with Crippen molar-refractivity contribution in [3.63, 3.8) is 0 Å². The zero-order valence-corrected chi connectivity index (χ0v) is 13.7. The molecule has 7 nitrogen and oxygen atoms in total. The molecule has 3 aromatic rings. The van der Waals surface area contributed by atoms with Gasteiger partial charge < -0.3 is 11.1 Å². The van der Waals surface area contributed by atoms with Crippen molar-refractivity contribution in [1.29, 1.82) is 0 Å². The van der Waals surface area contributed by atoms with E-state index in [1.165, 1.54) is 11.0 Å². The van der Waals surface area contributed by atoms with E-state index in [1.54, 1.807) is 24.3 Å². The van der Waals surface area contributed by atoms with E-state index in [-0.39, 0.29) is 18.1 Å². The molecule has 0 aliphatic rings. The smallest absolute Gasteiger partial charge is 0.274 e. The third-order valence-corrected chi connectivity index (χ3v) is 3.45. The van der Waals surface area contributed by atoms with Gasteiger partial charge in [0.05, 0.1) is 18.4 Å². The molecule has 0 unspecified atom stereocenters. The van der Waals surface area contributed by atoms with Gasteiger partial charge in [-0.15, -0.1) is 5.10 Å². The molecule has 0 radical (unpaired) electrons. The van der Waals surface area contributed by atoms with Gasteiger partial charge in [0.25, 0.3) is 5.91 Å². The maximum Gasteiger partial charge on any atom is 0.274 e. The predicted octanol–water partition coefficient (Wildman–Crippen LogP) is 1.15. The lowest BCUT2D eigenvalue weighted by atomic mass is 10.1. The average Bonchev–Trinajstić information content (AvgIpc) is 3.16. The second kappa shape index (κ2) is 7.77. The summed E-state index contributed by atoms with van der Waals surface area (Å²) in [6, 6.07) is 15.9. The van der Waals surface area contributed by atoms with Crippen LogP contribution in [0.2, 0.25) is 0 Å². The van der Waals surface area contributed by atoms with Crippen LogP contribution in [0.1, 0.15) is 26.4 Å². The van der Waals surface area contributed by atoms with Crippen LogP contribution in [0.25, 0.3) is 5.69 Å². The van der Waals surface area contributed by atoms with Gasteiger partial charge in [0, 0.05) is 11.1 Å². The molecule has 26 heavy (non-hydrogen) atoms. The summed E-state index contributed by atoms with van der Waals surface area (Å²) in [5.41, 5.74) is 7.30. The first-order valence-electron chi connectivity index (χ1n) is 7.78. The van der Waals surface area contributed by atoms with Crippen LogP contribution >= 0.6 is 0 Å². The standard InChI is InChI=1S/C19H15N5O2/c20-18(25)15-10-8-14(9-11-15)5-4-12-21-19(26)17-13-22-24(23-17)16-6-2-1-3-7-16/h1-3,6-11,13H,12H2,(H2,20,25)(H,21,26).